The van der Waals surface area contributed by atoms with Crippen LogP contribution in [-0.4, -0.2) is 35.2 Å². The van der Waals surface area contributed by atoms with E-state index in [1.165, 1.54) is 23.8 Å². The fraction of sp³-hybridized carbons (Fsp3) is 0.690. The summed E-state index contributed by atoms with van der Waals surface area (Å²) in [6.07, 6.45) is 9.85. The van der Waals surface area contributed by atoms with E-state index in [1.54, 1.807) is 12.1 Å². The van der Waals surface area contributed by atoms with Crippen molar-refractivity contribution in [3.63, 3.8) is 0 Å². The molecule has 0 unspecified atom stereocenters. The molecule has 6 rings (SSSR count). The van der Waals surface area contributed by atoms with Crippen LogP contribution >= 0.6 is 0 Å². The number of fused-ring (bicyclic) bond motifs is 7. The summed E-state index contributed by atoms with van der Waals surface area (Å²) in [5.74, 6) is -2.00. The molecule has 4 fully saturated rings. The van der Waals surface area contributed by atoms with E-state index in [1.807, 2.05) is 13.8 Å². The van der Waals surface area contributed by atoms with Crippen LogP contribution in [0.5, 0.6) is 0 Å². The Morgan fingerprint density at radius 3 is 2.20 bits per heavy atom. The molecule has 0 spiro atoms. The van der Waals surface area contributed by atoms with Gasteiger partial charge in [0.15, 0.2) is 0 Å². The van der Waals surface area contributed by atoms with Gasteiger partial charge < -0.3 is 14.6 Å². The van der Waals surface area contributed by atoms with Crippen molar-refractivity contribution in [2.75, 3.05) is 0 Å². The maximum atomic E-state index is 14.5. The topological polar surface area (TPSA) is 89.9 Å². The first-order valence-electron chi connectivity index (χ1n) is 18.5. The summed E-state index contributed by atoms with van der Waals surface area (Å²) in [5, 5.41) is 11.1. The number of ether oxygens (including phenoxy) is 2. The van der Waals surface area contributed by atoms with Crippen molar-refractivity contribution in [3.05, 3.63) is 58.9 Å². The summed E-state index contributed by atoms with van der Waals surface area (Å²) in [6.45, 7) is 19.8. The van der Waals surface area contributed by atoms with E-state index >= 15 is 0 Å². The molecule has 9 atom stereocenters. The van der Waals surface area contributed by atoms with E-state index in [0.29, 0.717) is 24.7 Å². The molecule has 1 N–H and O–H groups in total. The molecule has 0 radical (unpaired) electrons. The number of carboxylic acids is 1. The summed E-state index contributed by atoms with van der Waals surface area (Å²) in [6, 6.07) is 6.02. The monoisotopic (exact) mass is 676 g/mol. The summed E-state index contributed by atoms with van der Waals surface area (Å²) in [7, 11) is 0. The minimum absolute atomic E-state index is 0.0158. The highest BCUT2D eigenvalue weighted by molar-refractivity contribution is 5.89. The number of allylic oxidation sites excluding steroid dienone is 3. The number of rotatable bonds is 5. The molecule has 7 heteroatoms. The lowest BCUT2D eigenvalue weighted by molar-refractivity contribution is -0.215. The average Bonchev–Trinajstić information content (AvgIpc) is 2.98. The Balaban J connectivity index is 1.34. The van der Waals surface area contributed by atoms with E-state index in [-0.39, 0.29) is 44.7 Å². The molecular weight excluding hydrogens is 619 g/mol. The van der Waals surface area contributed by atoms with Gasteiger partial charge in [-0.25, -0.2) is 14.0 Å². The molecule has 1 aromatic rings. The van der Waals surface area contributed by atoms with Gasteiger partial charge in [0.2, 0.25) is 0 Å². The lowest BCUT2D eigenvalue weighted by Crippen LogP contribution is -2.67. The van der Waals surface area contributed by atoms with Crippen molar-refractivity contribution in [1.82, 2.24) is 0 Å². The largest absolute Gasteiger partial charge is 0.481 e. The van der Waals surface area contributed by atoms with Gasteiger partial charge in [-0.05, 0) is 117 Å². The van der Waals surface area contributed by atoms with Gasteiger partial charge in [-0.15, -0.1) is 0 Å². The highest BCUT2D eigenvalue weighted by Crippen LogP contribution is 2.76. The van der Waals surface area contributed by atoms with Crippen molar-refractivity contribution in [1.29, 1.82) is 0 Å². The third-order valence-electron chi connectivity index (χ3n) is 15.0. The second-order valence-corrected chi connectivity index (χ2v) is 18.6. The summed E-state index contributed by atoms with van der Waals surface area (Å²) in [5.41, 5.74) is 0.152. The smallest absolute Gasteiger partial charge is 0.341 e. The molecular formula is C42H57FO6. The van der Waals surface area contributed by atoms with Crippen LogP contribution in [0.2, 0.25) is 0 Å². The molecule has 0 aliphatic heterocycles. The summed E-state index contributed by atoms with van der Waals surface area (Å²) < 4.78 is 26.7. The van der Waals surface area contributed by atoms with Crippen molar-refractivity contribution < 1.29 is 33.4 Å². The number of benzene rings is 1. The molecule has 268 valence electrons. The van der Waals surface area contributed by atoms with Gasteiger partial charge >= 0.3 is 17.9 Å². The molecule has 0 heterocycles. The maximum absolute atomic E-state index is 14.5. The molecule has 1 aromatic carbocycles. The molecule has 4 saturated carbocycles. The first kappa shape index (κ1) is 35.9. The first-order chi connectivity index (χ1) is 22.7. The van der Waals surface area contributed by atoms with E-state index in [4.69, 9.17) is 9.47 Å². The quantitative estimate of drug-likeness (QED) is 0.190. The third-order valence-corrected chi connectivity index (χ3v) is 15.0. The van der Waals surface area contributed by atoms with Crippen LogP contribution in [0.15, 0.2) is 47.6 Å². The van der Waals surface area contributed by atoms with Crippen LogP contribution in [0.1, 0.15) is 130 Å². The van der Waals surface area contributed by atoms with Gasteiger partial charge in [0.1, 0.15) is 23.4 Å². The van der Waals surface area contributed by atoms with Crippen molar-refractivity contribution in [3.8, 4) is 0 Å². The highest BCUT2D eigenvalue weighted by atomic mass is 19.1. The Bertz CT molecular complexity index is 1600. The number of halogens is 1. The molecule has 5 aliphatic carbocycles. The summed E-state index contributed by atoms with van der Waals surface area (Å²) >= 11 is 0. The fourth-order valence-corrected chi connectivity index (χ4v) is 12.4. The maximum Gasteiger partial charge on any atom is 0.341 e. The number of aliphatic carboxylic acids is 1. The molecule has 5 aliphatic rings. The van der Waals surface area contributed by atoms with Crippen molar-refractivity contribution in [2.24, 2.45) is 50.2 Å². The number of carbonyl (C=O) groups is 3. The Kier molecular flexibility index (Phi) is 8.63. The number of carbonyl (C=O) groups excluding carboxylic acids is 2. The minimum atomic E-state index is -1.15. The molecule has 49 heavy (non-hydrogen) atoms. The Labute approximate surface area is 292 Å². The predicted molar refractivity (Wildman–Crippen MR) is 187 cm³/mol. The third kappa shape index (κ3) is 5.34. The molecule has 0 saturated heterocycles. The van der Waals surface area contributed by atoms with Crippen molar-refractivity contribution >= 4 is 17.9 Å². The van der Waals surface area contributed by atoms with E-state index < -0.39 is 35.2 Å². The molecule has 0 amide bonds. The van der Waals surface area contributed by atoms with Gasteiger partial charge in [0.25, 0.3) is 0 Å². The Morgan fingerprint density at radius 1 is 0.857 bits per heavy atom. The van der Waals surface area contributed by atoms with Crippen LogP contribution in [0.4, 0.5) is 4.39 Å². The standard InChI is InChI=1S/C42H57FO6/c1-25(2)22-34(44)48-33-24-37(3,4)23-28-27-14-15-31-39(7)18-17-32(49-35(45)26-12-10-11-13-29(26)43)38(5,6)30(39)16-19-41(31,9)40(27,8)20-21-42(28,33)36(46)47/h10-14,22,28,30-33H,15-21,23-24H2,1-9H3,(H,46,47)/t28-,30-,31+,32-,33+,39-,40+,41+,42-/m0/s1. The van der Waals surface area contributed by atoms with Gasteiger partial charge in [-0.3, -0.25) is 4.79 Å². The average molecular weight is 677 g/mol. The SMILES string of the molecule is CC(C)=CC(=O)O[C@@H]1CC(C)(C)C[C@H]2C3=CC[C@@H]4[C@@]5(C)CC[C@H](OC(=O)c6ccccc6F)C(C)(C)[C@@H]5CC[C@@]4(C)[C@]3(C)CC[C@@]12C(=O)O. The second kappa shape index (κ2) is 11.8. The first-order valence-corrected chi connectivity index (χ1v) is 18.5. The number of carboxylic acid groups (broad SMARTS) is 1. The number of esters is 2. The number of hydrogen-bond acceptors (Lipinski definition) is 5. The lowest BCUT2D eigenvalue weighted by Gasteiger charge is -2.71. The zero-order chi connectivity index (χ0) is 35.9. The van der Waals surface area contributed by atoms with Gasteiger partial charge in [-0.2, -0.15) is 0 Å². The Hall–Kier alpha value is -2.96. The summed E-state index contributed by atoms with van der Waals surface area (Å²) in [4.78, 5) is 39.7. The van der Waals surface area contributed by atoms with E-state index in [0.717, 1.165) is 50.5 Å². The van der Waals surface area contributed by atoms with Crippen LogP contribution in [-0.2, 0) is 19.1 Å². The van der Waals surface area contributed by atoms with E-state index in [9.17, 15) is 23.9 Å². The van der Waals surface area contributed by atoms with Gasteiger partial charge in [-0.1, -0.05) is 77.8 Å². The van der Waals surface area contributed by atoms with E-state index in [2.05, 4.69) is 54.5 Å². The van der Waals surface area contributed by atoms with Crippen LogP contribution in [0.3, 0.4) is 0 Å². The van der Waals surface area contributed by atoms with Crippen LogP contribution in [0.25, 0.3) is 0 Å². The lowest BCUT2D eigenvalue weighted by atomic mass is 9.33. The van der Waals surface area contributed by atoms with Gasteiger partial charge in [0.05, 0.1) is 5.56 Å². The fourth-order valence-electron chi connectivity index (χ4n) is 12.4. The van der Waals surface area contributed by atoms with Crippen LogP contribution < -0.4 is 0 Å². The predicted octanol–water partition coefficient (Wildman–Crippen LogP) is 9.73. The Morgan fingerprint density at radius 2 is 1.55 bits per heavy atom. The highest BCUT2D eigenvalue weighted by Gasteiger charge is 2.71. The molecule has 0 bridgehead atoms. The second-order valence-electron chi connectivity index (χ2n) is 18.6. The van der Waals surface area contributed by atoms with Crippen LogP contribution in [0, 0.1) is 56.1 Å². The van der Waals surface area contributed by atoms with Crippen molar-refractivity contribution in [2.45, 2.75) is 132 Å². The van der Waals surface area contributed by atoms with Gasteiger partial charge in [0, 0.05) is 17.4 Å². The zero-order valence-corrected chi connectivity index (χ0v) is 31.1. The molecule has 6 nitrogen and oxygen atoms in total. The number of hydrogen-bond donors (Lipinski definition) is 1. The minimum Gasteiger partial charge on any atom is -0.481 e. The normalized spacial score (nSPS) is 40.2. The molecule has 0 aromatic heterocycles. The zero-order valence-electron chi connectivity index (χ0n) is 31.1.